The average Bonchev–Trinajstić information content (AvgIpc) is 3.30. The minimum Gasteiger partial charge on any atom is -0.192 e. The van der Waals surface area contributed by atoms with Crippen LogP contribution in [0.2, 0.25) is 0 Å². The molecule has 5 nitrogen and oxygen atoms in total. The SMILES string of the molecule is N#Cc1ccc(-c2ccccc2-c2ccc(-c3ccc(-c4ccccc4)cc3)nn2)c(-c2ccccc2-c2ccc(-c3ccc(-c4ccccc4)cc3)nn2)c1. The van der Waals surface area contributed by atoms with Crippen molar-refractivity contribution in [3.63, 3.8) is 0 Å². The minimum absolute atomic E-state index is 0.568. The van der Waals surface area contributed by atoms with Crippen LogP contribution in [0.4, 0.5) is 0 Å². The van der Waals surface area contributed by atoms with E-state index in [0.29, 0.717) is 5.56 Å². The van der Waals surface area contributed by atoms with Crippen molar-refractivity contribution in [2.45, 2.75) is 0 Å². The van der Waals surface area contributed by atoms with Crippen molar-refractivity contribution < 1.29 is 0 Å². The molecule has 0 fully saturated rings. The third-order valence-electron chi connectivity index (χ3n) is 10.0. The van der Waals surface area contributed by atoms with Crippen LogP contribution in [0.1, 0.15) is 5.56 Å². The fraction of sp³-hybridized carbons (Fsp3) is 0. The van der Waals surface area contributed by atoms with Crippen LogP contribution in [0.3, 0.4) is 0 Å². The van der Waals surface area contributed by atoms with Crippen molar-refractivity contribution in [1.29, 1.82) is 5.26 Å². The van der Waals surface area contributed by atoms with Gasteiger partial charge in [0.15, 0.2) is 0 Å². The lowest BCUT2D eigenvalue weighted by atomic mass is 9.87. The summed E-state index contributed by atoms with van der Waals surface area (Å²) in [5, 5.41) is 28.8. The molecular weight excluding hydrogens is 683 g/mol. The summed E-state index contributed by atoms with van der Waals surface area (Å²) >= 11 is 0. The predicted molar refractivity (Wildman–Crippen MR) is 226 cm³/mol. The molecule has 2 heterocycles. The Morgan fingerprint density at radius 1 is 0.268 bits per heavy atom. The van der Waals surface area contributed by atoms with Gasteiger partial charge in [-0.1, -0.05) is 164 Å². The molecule has 0 bridgehead atoms. The fourth-order valence-electron chi connectivity index (χ4n) is 7.14. The van der Waals surface area contributed by atoms with E-state index in [2.05, 4.69) is 113 Å². The van der Waals surface area contributed by atoms with E-state index in [1.165, 1.54) is 11.1 Å². The highest BCUT2D eigenvalue weighted by molar-refractivity contribution is 5.95. The standard InChI is InChI=1S/C51H33N5/c52-34-35-19-28-44(42-15-7-9-17-45(42)50-31-29-48(53-55-50)40-24-20-38(21-25-40)36-11-3-1-4-12-36)47(33-35)43-16-8-10-18-46(43)51-32-30-49(54-56-51)41-26-22-39(23-27-41)37-13-5-2-6-14-37/h1-33H. The van der Waals surface area contributed by atoms with E-state index in [9.17, 15) is 5.26 Å². The lowest BCUT2D eigenvalue weighted by Crippen LogP contribution is -1.96. The maximum absolute atomic E-state index is 10.0. The molecule has 5 heteroatoms. The van der Waals surface area contributed by atoms with Gasteiger partial charge in [0.2, 0.25) is 0 Å². The number of nitrogens with zero attached hydrogens (tertiary/aromatic N) is 5. The molecule has 9 aromatic rings. The zero-order valence-electron chi connectivity index (χ0n) is 30.3. The van der Waals surface area contributed by atoms with Crippen LogP contribution in [0, 0.1) is 11.3 Å². The lowest BCUT2D eigenvalue weighted by Gasteiger charge is -2.17. The highest BCUT2D eigenvalue weighted by atomic mass is 15.1. The number of benzene rings is 7. The predicted octanol–water partition coefficient (Wildman–Crippen LogP) is 12.5. The van der Waals surface area contributed by atoms with Crippen LogP contribution in [-0.4, -0.2) is 20.4 Å². The van der Waals surface area contributed by atoms with Crippen molar-refractivity contribution >= 4 is 0 Å². The van der Waals surface area contributed by atoms with Crippen LogP contribution in [0.15, 0.2) is 200 Å². The Morgan fingerprint density at radius 3 is 1.04 bits per heavy atom. The average molecular weight is 716 g/mol. The topological polar surface area (TPSA) is 75.3 Å². The number of hydrogen-bond acceptors (Lipinski definition) is 5. The molecule has 0 saturated carbocycles. The Morgan fingerprint density at radius 2 is 0.607 bits per heavy atom. The van der Waals surface area contributed by atoms with Crippen molar-refractivity contribution in [2.75, 3.05) is 0 Å². The van der Waals surface area contributed by atoms with Crippen molar-refractivity contribution in [2.24, 2.45) is 0 Å². The summed E-state index contributed by atoms with van der Waals surface area (Å²) in [6.45, 7) is 0. The van der Waals surface area contributed by atoms with Crippen LogP contribution in [-0.2, 0) is 0 Å². The van der Waals surface area contributed by atoms with E-state index < -0.39 is 0 Å². The van der Waals surface area contributed by atoms with E-state index in [-0.39, 0.29) is 0 Å². The van der Waals surface area contributed by atoms with Gasteiger partial charge in [-0.05, 0) is 80.9 Å². The van der Waals surface area contributed by atoms with Gasteiger partial charge in [-0.3, -0.25) is 0 Å². The fourth-order valence-corrected chi connectivity index (χ4v) is 7.14. The van der Waals surface area contributed by atoms with Gasteiger partial charge in [-0.15, -0.1) is 20.4 Å². The summed E-state index contributed by atoms with van der Waals surface area (Å²) in [6.07, 6.45) is 0. The van der Waals surface area contributed by atoms with Crippen molar-refractivity contribution in [3.05, 3.63) is 206 Å². The molecule has 0 unspecified atom stereocenters. The molecule has 262 valence electrons. The van der Waals surface area contributed by atoms with Crippen molar-refractivity contribution in [1.82, 2.24) is 20.4 Å². The second-order valence-electron chi connectivity index (χ2n) is 13.5. The Hall–Kier alpha value is -7.81. The van der Waals surface area contributed by atoms with Gasteiger partial charge in [0, 0.05) is 22.3 Å². The lowest BCUT2D eigenvalue weighted by molar-refractivity contribution is 1.04. The molecule has 9 rings (SSSR count). The maximum Gasteiger partial charge on any atom is 0.0991 e. The largest absolute Gasteiger partial charge is 0.192 e. The molecular formula is C51H33N5. The van der Waals surface area contributed by atoms with E-state index in [4.69, 9.17) is 10.2 Å². The maximum atomic E-state index is 10.0. The van der Waals surface area contributed by atoms with Gasteiger partial charge < -0.3 is 0 Å². The van der Waals surface area contributed by atoms with Gasteiger partial charge in [0.1, 0.15) is 0 Å². The summed E-state index contributed by atoms with van der Waals surface area (Å²) in [5.74, 6) is 0. The van der Waals surface area contributed by atoms with E-state index in [1.54, 1.807) is 0 Å². The summed E-state index contributed by atoms with van der Waals surface area (Å²) < 4.78 is 0. The van der Waals surface area contributed by atoms with Gasteiger partial charge >= 0.3 is 0 Å². The number of hydrogen-bond donors (Lipinski definition) is 0. The smallest absolute Gasteiger partial charge is 0.0991 e. The second-order valence-corrected chi connectivity index (χ2v) is 13.5. The third-order valence-corrected chi connectivity index (χ3v) is 10.0. The number of aromatic nitrogens is 4. The van der Waals surface area contributed by atoms with E-state index >= 15 is 0 Å². The van der Waals surface area contributed by atoms with Gasteiger partial charge in [0.25, 0.3) is 0 Å². The van der Waals surface area contributed by atoms with Crippen molar-refractivity contribution in [3.8, 4) is 95.6 Å². The minimum atomic E-state index is 0.568. The Kier molecular flexibility index (Phi) is 9.27. The van der Waals surface area contributed by atoms with Crippen LogP contribution < -0.4 is 0 Å². The van der Waals surface area contributed by atoms with E-state index in [0.717, 1.165) is 78.4 Å². The summed E-state index contributed by atoms with van der Waals surface area (Å²) in [6, 6.07) is 70.1. The molecule has 0 N–H and O–H groups in total. The van der Waals surface area contributed by atoms with E-state index in [1.807, 2.05) is 103 Å². The summed E-state index contributed by atoms with van der Waals surface area (Å²) in [5.41, 5.74) is 16.0. The quantitative estimate of drug-likeness (QED) is 0.157. The zero-order valence-corrected chi connectivity index (χ0v) is 30.3. The van der Waals surface area contributed by atoms with Crippen LogP contribution in [0.25, 0.3) is 89.5 Å². The third kappa shape index (κ3) is 6.87. The highest BCUT2D eigenvalue weighted by Gasteiger charge is 2.18. The monoisotopic (exact) mass is 715 g/mol. The van der Waals surface area contributed by atoms with Gasteiger partial charge in [-0.2, -0.15) is 5.26 Å². The molecule has 0 atom stereocenters. The molecule has 0 saturated heterocycles. The zero-order chi connectivity index (χ0) is 37.7. The van der Waals surface area contributed by atoms with Gasteiger partial charge in [-0.25, -0.2) is 0 Å². The van der Waals surface area contributed by atoms with Crippen LogP contribution >= 0.6 is 0 Å². The molecule has 0 radical (unpaired) electrons. The molecule has 0 amide bonds. The summed E-state index contributed by atoms with van der Waals surface area (Å²) in [7, 11) is 0. The first-order chi connectivity index (χ1) is 27.7. The first kappa shape index (κ1) is 34.0. The molecule has 0 spiro atoms. The Labute approximate surface area is 325 Å². The Balaban J connectivity index is 1.04. The molecule has 0 aliphatic rings. The molecule has 2 aromatic heterocycles. The first-order valence-corrected chi connectivity index (χ1v) is 18.4. The Bertz CT molecular complexity index is 2810. The molecule has 56 heavy (non-hydrogen) atoms. The number of nitriles is 1. The van der Waals surface area contributed by atoms with Crippen LogP contribution in [0.5, 0.6) is 0 Å². The highest BCUT2D eigenvalue weighted by Crippen LogP contribution is 2.41. The molecule has 0 aliphatic carbocycles. The molecule has 7 aromatic carbocycles. The first-order valence-electron chi connectivity index (χ1n) is 18.4. The number of rotatable bonds is 8. The molecule has 0 aliphatic heterocycles. The van der Waals surface area contributed by atoms with Gasteiger partial charge in [0.05, 0.1) is 34.4 Å². The summed E-state index contributed by atoms with van der Waals surface area (Å²) in [4.78, 5) is 0. The second kappa shape index (κ2) is 15.3. The normalized spacial score (nSPS) is 10.8.